The Balaban J connectivity index is 4.70. The smallest absolute Gasteiger partial charge is 0.370 e. The third-order valence-corrected chi connectivity index (χ3v) is 7.63. The molecule has 0 aliphatic heterocycles. The highest BCUT2D eigenvalue weighted by Gasteiger charge is 2.44. The van der Waals surface area contributed by atoms with Crippen LogP contribution in [0.4, 0.5) is 8.78 Å². The molecule has 98 valence electrons. The number of hydrogen-bond acceptors (Lipinski definition) is 2. The molecule has 0 aliphatic rings. The van der Waals surface area contributed by atoms with Crippen molar-refractivity contribution in [3.8, 4) is 0 Å². The fraction of sp³-hybridized carbons (Fsp3) is 1.00. The Hall–Kier alpha value is 0.287. The summed E-state index contributed by atoms with van der Waals surface area (Å²) in [6.07, 6.45) is -1.62. The molecule has 0 aromatic carbocycles. The van der Waals surface area contributed by atoms with Gasteiger partial charge in [-0.25, -0.2) is 0 Å². The Morgan fingerprint density at radius 3 is 1.81 bits per heavy atom. The van der Waals surface area contributed by atoms with Gasteiger partial charge in [-0.3, -0.25) is 0 Å². The van der Waals surface area contributed by atoms with Gasteiger partial charge < -0.3 is 9.16 Å². The zero-order valence-electron chi connectivity index (χ0n) is 10.4. The minimum absolute atomic E-state index is 0.161. The molecule has 0 N–H and O–H groups in total. The molecule has 1 unspecified atom stereocenters. The number of rotatable bonds is 8. The van der Waals surface area contributed by atoms with E-state index in [0.717, 1.165) is 18.1 Å². The molecule has 0 aliphatic carbocycles. The highest BCUT2D eigenvalue weighted by Crippen LogP contribution is 2.32. The molecular weight excluding hydrogens is 254 g/mol. The van der Waals surface area contributed by atoms with Crippen molar-refractivity contribution >= 4 is 19.9 Å². The lowest BCUT2D eigenvalue weighted by molar-refractivity contribution is -0.183. The fourth-order valence-electron chi connectivity index (χ4n) is 1.57. The summed E-state index contributed by atoms with van der Waals surface area (Å²) in [4.78, 5) is 0. The van der Waals surface area contributed by atoms with Gasteiger partial charge in [-0.15, -0.1) is 0 Å². The van der Waals surface area contributed by atoms with Crippen molar-refractivity contribution in [3.63, 3.8) is 0 Å². The second kappa shape index (κ2) is 6.89. The number of ether oxygens (including phenoxy) is 1. The van der Waals surface area contributed by atoms with Crippen LogP contribution >= 0.6 is 11.6 Å². The van der Waals surface area contributed by atoms with Gasteiger partial charge in [-0.1, -0.05) is 20.8 Å². The third kappa shape index (κ3) is 4.65. The maximum Gasteiger partial charge on any atom is 0.370 e. The van der Waals surface area contributed by atoms with Crippen molar-refractivity contribution in [1.29, 1.82) is 0 Å². The molecular formula is C10H21ClF2O2Si. The van der Waals surface area contributed by atoms with Gasteiger partial charge in [0.15, 0.2) is 8.32 Å². The molecule has 6 heteroatoms. The van der Waals surface area contributed by atoms with Crippen LogP contribution in [0.15, 0.2) is 0 Å². The first kappa shape index (κ1) is 16.3. The van der Waals surface area contributed by atoms with Gasteiger partial charge in [0, 0.05) is 6.61 Å². The second-order valence-corrected chi connectivity index (χ2v) is 8.92. The third-order valence-electron chi connectivity index (χ3n) is 2.88. The van der Waals surface area contributed by atoms with Gasteiger partial charge in [-0.2, -0.15) is 8.78 Å². The van der Waals surface area contributed by atoms with Crippen LogP contribution in [-0.4, -0.2) is 26.6 Å². The zero-order valence-corrected chi connectivity index (χ0v) is 12.1. The number of alkyl halides is 3. The first-order valence-electron chi connectivity index (χ1n) is 5.71. The molecule has 0 aromatic heterocycles. The van der Waals surface area contributed by atoms with Gasteiger partial charge in [-0.05, 0) is 36.7 Å². The molecule has 0 saturated heterocycles. The summed E-state index contributed by atoms with van der Waals surface area (Å²) in [5.41, 5.74) is 0. The van der Waals surface area contributed by atoms with Crippen molar-refractivity contribution in [1.82, 2.24) is 0 Å². The zero-order chi connectivity index (χ0) is 12.8. The molecule has 0 bridgehead atoms. The minimum Gasteiger partial charge on any atom is -0.387 e. The van der Waals surface area contributed by atoms with Crippen molar-refractivity contribution in [2.75, 3.05) is 6.61 Å². The molecule has 0 rings (SSSR count). The Morgan fingerprint density at radius 2 is 1.56 bits per heavy atom. The molecule has 0 fully saturated rings. The maximum atomic E-state index is 13.1. The normalized spacial score (nSPS) is 15.2. The number of hydrogen-bond donors (Lipinski definition) is 0. The van der Waals surface area contributed by atoms with Crippen LogP contribution in [0.3, 0.4) is 0 Å². The predicted octanol–water partition coefficient (Wildman–Crippen LogP) is 4.20. The standard InChI is InChI=1S/C10H21ClF2O2Si/c1-5-14-9(10(11,12)13)15-16(6-2,7-3)8-4/h9H,5-8H2,1-4H3. The van der Waals surface area contributed by atoms with E-state index in [9.17, 15) is 8.78 Å². The Morgan fingerprint density at radius 1 is 1.12 bits per heavy atom. The average Bonchev–Trinajstić information content (AvgIpc) is 2.23. The molecule has 0 aromatic rings. The van der Waals surface area contributed by atoms with Crippen LogP contribution in [0.2, 0.25) is 18.1 Å². The van der Waals surface area contributed by atoms with Gasteiger partial charge in [0.25, 0.3) is 0 Å². The van der Waals surface area contributed by atoms with E-state index in [2.05, 4.69) is 0 Å². The van der Waals surface area contributed by atoms with Gasteiger partial charge in [0.2, 0.25) is 6.29 Å². The van der Waals surface area contributed by atoms with Crippen LogP contribution in [0, 0.1) is 0 Å². The van der Waals surface area contributed by atoms with Gasteiger partial charge in [0.05, 0.1) is 0 Å². The van der Waals surface area contributed by atoms with E-state index in [0.29, 0.717) is 0 Å². The average molecular weight is 275 g/mol. The molecule has 0 amide bonds. The lowest BCUT2D eigenvalue weighted by atomic mass is 10.6. The van der Waals surface area contributed by atoms with Crippen molar-refractivity contribution in [2.24, 2.45) is 0 Å². The summed E-state index contributed by atoms with van der Waals surface area (Å²) in [5.74, 6) is 0. The Kier molecular flexibility index (Phi) is 7.01. The summed E-state index contributed by atoms with van der Waals surface area (Å²) in [6, 6.07) is 2.36. The second-order valence-electron chi connectivity index (χ2n) is 3.69. The van der Waals surface area contributed by atoms with Crippen LogP contribution in [0.25, 0.3) is 0 Å². The van der Waals surface area contributed by atoms with E-state index in [4.69, 9.17) is 20.8 Å². The van der Waals surface area contributed by atoms with Crippen molar-refractivity contribution in [2.45, 2.75) is 57.5 Å². The quantitative estimate of drug-likeness (QED) is 0.375. The number of halogens is 3. The lowest BCUT2D eigenvalue weighted by Gasteiger charge is -2.34. The first-order valence-corrected chi connectivity index (χ1v) is 8.62. The molecule has 0 saturated carbocycles. The van der Waals surface area contributed by atoms with E-state index in [1.54, 1.807) is 6.92 Å². The highest BCUT2D eigenvalue weighted by atomic mass is 35.5. The van der Waals surface area contributed by atoms with E-state index in [-0.39, 0.29) is 6.61 Å². The SMILES string of the molecule is CCOC(O[Si](CC)(CC)CC)C(F)(F)Cl. The molecule has 2 nitrogen and oxygen atoms in total. The van der Waals surface area contributed by atoms with E-state index >= 15 is 0 Å². The van der Waals surface area contributed by atoms with Gasteiger partial charge >= 0.3 is 5.38 Å². The summed E-state index contributed by atoms with van der Waals surface area (Å²) in [7, 11) is -2.12. The largest absolute Gasteiger partial charge is 0.387 e. The first-order chi connectivity index (χ1) is 7.35. The molecule has 16 heavy (non-hydrogen) atoms. The minimum atomic E-state index is -3.46. The van der Waals surface area contributed by atoms with Crippen LogP contribution < -0.4 is 0 Å². The fourth-order valence-corrected chi connectivity index (χ4v) is 4.43. The summed E-state index contributed by atoms with van der Waals surface area (Å²) in [5, 5.41) is -3.46. The molecule has 0 heterocycles. The van der Waals surface area contributed by atoms with E-state index in [1.165, 1.54) is 0 Å². The van der Waals surface area contributed by atoms with Gasteiger partial charge in [0.1, 0.15) is 0 Å². The van der Waals surface area contributed by atoms with Crippen molar-refractivity contribution < 1.29 is 17.9 Å². The van der Waals surface area contributed by atoms with Crippen LogP contribution in [0.5, 0.6) is 0 Å². The lowest BCUT2D eigenvalue weighted by Crippen LogP contribution is -2.46. The molecule has 0 spiro atoms. The summed E-state index contributed by atoms with van der Waals surface area (Å²) in [6.45, 7) is 7.71. The monoisotopic (exact) mass is 274 g/mol. The predicted molar refractivity (Wildman–Crippen MR) is 64.5 cm³/mol. The Labute approximate surface area is 102 Å². The summed E-state index contributed by atoms with van der Waals surface area (Å²) >= 11 is 4.99. The van der Waals surface area contributed by atoms with E-state index < -0.39 is 20.0 Å². The highest BCUT2D eigenvalue weighted by molar-refractivity contribution is 6.73. The summed E-state index contributed by atoms with van der Waals surface area (Å²) < 4.78 is 36.5. The van der Waals surface area contributed by atoms with Crippen molar-refractivity contribution in [3.05, 3.63) is 0 Å². The van der Waals surface area contributed by atoms with Crippen LogP contribution in [0.1, 0.15) is 27.7 Å². The topological polar surface area (TPSA) is 18.5 Å². The van der Waals surface area contributed by atoms with Crippen LogP contribution in [-0.2, 0) is 9.16 Å². The molecule has 1 atom stereocenters. The van der Waals surface area contributed by atoms with E-state index in [1.807, 2.05) is 20.8 Å². The Bertz CT molecular complexity index is 187. The molecule has 0 radical (unpaired) electrons. The maximum absolute atomic E-state index is 13.1.